The Morgan fingerprint density at radius 3 is 2.70 bits per heavy atom. The summed E-state index contributed by atoms with van der Waals surface area (Å²) in [7, 11) is 0. The van der Waals surface area contributed by atoms with Crippen molar-refractivity contribution in [1.82, 2.24) is 9.78 Å². The van der Waals surface area contributed by atoms with Gasteiger partial charge in [0.1, 0.15) is 17.8 Å². The van der Waals surface area contributed by atoms with Crippen molar-refractivity contribution in [2.24, 2.45) is 5.10 Å². The van der Waals surface area contributed by atoms with Crippen molar-refractivity contribution in [2.45, 2.75) is 6.92 Å². The summed E-state index contributed by atoms with van der Waals surface area (Å²) in [6, 6.07) is 7.50. The molecule has 0 saturated heterocycles. The number of nitriles is 2. The molecule has 0 atom stereocenters. The first-order chi connectivity index (χ1) is 9.63. The zero-order valence-electron chi connectivity index (χ0n) is 10.5. The van der Waals surface area contributed by atoms with Crippen LogP contribution in [0.25, 0.3) is 5.69 Å². The van der Waals surface area contributed by atoms with Gasteiger partial charge in [-0.25, -0.2) is 9.07 Å². The Hall–Kier alpha value is -3.19. The second kappa shape index (κ2) is 5.63. The third kappa shape index (κ3) is 2.79. The fourth-order valence-electron chi connectivity index (χ4n) is 1.50. The number of hydrogen-bond donors (Lipinski definition) is 1. The molecular formula is C13H9FN6. The van der Waals surface area contributed by atoms with Crippen LogP contribution in [0.2, 0.25) is 0 Å². The molecule has 2 aromatic rings. The molecule has 98 valence electrons. The highest BCUT2D eigenvalue weighted by atomic mass is 19.1. The Morgan fingerprint density at radius 1 is 1.40 bits per heavy atom. The summed E-state index contributed by atoms with van der Waals surface area (Å²) in [4.78, 5) is 0. The highest BCUT2D eigenvalue weighted by molar-refractivity contribution is 6.10. The molecule has 7 heteroatoms. The summed E-state index contributed by atoms with van der Waals surface area (Å²) in [6.45, 7) is 1.86. The fraction of sp³-hybridized carbons (Fsp3) is 0.0769. The third-order valence-electron chi connectivity index (χ3n) is 2.41. The van der Waals surface area contributed by atoms with E-state index in [0.29, 0.717) is 11.4 Å². The van der Waals surface area contributed by atoms with Crippen LogP contribution in [0, 0.1) is 35.4 Å². The van der Waals surface area contributed by atoms with E-state index in [1.54, 1.807) is 30.6 Å². The van der Waals surface area contributed by atoms with Crippen LogP contribution in [-0.4, -0.2) is 15.5 Å². The SMILES string of the molecule is Cc1cnn(-c2ccc(NN=C(C#N)C#N)cc2F)c1. The number of nitrogens with one attached hydrogen (secondary N) is 1. The highest BCUT2D eigenvalue weighted by Crippen LogP contribution is 2.18. The highest BCUT2D eigenvalue weighted by Gasteiger charge is 2.06. The van der Waals surface area contributed by atoms with E-state index in [1.165, 1.54) is 16.8 Å². The number of rotatable bonds is 3. The molecule has 1 aromatic heterocycles. The number of anilines is 1. The Bertz CT molecular complexity index is 731. The second-order valence-corrected chi connectivity index (χ2v) is 3.92. The van der Waals surface area contributed by atoms with Crippen LogP contribution in [0.4, 0.5) is 10.1 Å². The first-order valence-electron chi connectivity index (χ1n) is 5.59. The lowest BCUT2D eigenvalue weighted by molar-refractivity contribution is 0.611. The molecule has 1 heterocycles. The third-order valence-corrected chi connectivity index (χ3v) is 2.41. The van der Waals surface area contributed by atoms with Gasteiger partial charge < -0.3 is 0 Å². The number of aromatic nitrogens is 2. The number of nitrogens with zero attached hydrogens (tertiary/aromatic N) is 5. The van der Waals surface area contributed by atoms with E-state index in [1.807, 2.05) is 6.92 Å². The molecule has 0 unspecified atom stereocenters. The molecule has 0 fully saturated rings. The number of hydrazone groups is 1. The molecular weight excluding hydrogens is 259 g/mol. The number of benzene rings is 1. The molecule has 0 bridgehead atoms. The average molecular weight is 268 g/mol. The minimum Gasteiger partial charge on any atom is -0.276 e. The largest absolute Gasteiger partial charge is 0.276 e. The maximum absolute atomic E-state index is 14.0. The lowest BCUT2D eigenvalue weighted by atomic mass is 10.2. The molecule has 0 aliphatic carbocycles. The van der Waals surface area contributed by atoms with Crippen molar-refractivity contribution in [3.05, 3.63) is 42.0 Å². The maximum Gasteiger partial charge on any atom is 0.237 e. The average Bonchev–Trinajstić information content (AvgIpc) is 2.86. The van der Waals surface area contributed by atoms with Gasteiger partial charge in [0, 0.05) is 12.3 Å². The Balaban J connectivity index is 2.25. The minimum atomic E-state index is -0.497. The molecule has 0 amide bonds. The van der Waals surface area contributed by atoms with Gasteiger partial charge in [0.05, 0.1) is 11.9 Å². The van der Waals surface area contributed by atoms with Crippen molar-refractivity contribution < 1.29 is 4.39 Å². The summed E-state index contributed by atoms with van der Waals surface area (Å²) < 4.78 is 15.4. The zero-order chi connectivity index (χ0) is 14.5. The van der Waals surface area contributed by atoms with Crippen LogP contribution in [0.15, 0.2) is 35.7 Å². The summed E-state index contributed by atoms with van der Waals surface area (Å²) in [5, 5.41) is 24.6. The van der Waals surface area contributed by atoms with Crippen LogP contribution in [0.1, 0.15) is 5.56 Å². The lowest BCUT2D eigenvalue weighted by Crippen LogP contribution is -2.00. The number of aryl methyl sites for hydroxylation is 1. The summed E-state index contributed by atoms with van der Waals surface area (Å²) >= 11 is 0. The van der Waals surface area contributed by atoms with Gasteiger partial charge in [-0.1, -0.05) is 0 Å². The van der Waals surface area contributed by atoms with Gasteiger partial charge in [-0.3, -0.25) is 5.43 Å². The van der Waals surface area contributed by atoms with E-state index in [2.05, 4.69) is 15.6 Å². The van der Waals surface area contributed by atoms with Crippen molar-refractivity contribution in [3.8, 4) is 17.8 Å². The predicted octanol–water partition coefficient (Wildman–Crippen LogP) is 2.13. The van der Waals surface area contributed by atoms with Gasteiger partial charge in [-0.2, -0.15) is 20.7 Å². The Kier molecular flexibility index (Phi) is 3.73. The molecule has 2 rings (SSSR count). The van der Waals surface area contributed by atoms with Crippen LogP contribution >= 0.6 is 0 Å². The Labute approximate surface area is 114 Å². The van der Waals surface area contributed by atoms with Crippen LogP contribution in [0.3, 0.4) is 0 Å². The smallest absolute Gasteiger partial charge is 0.237 e. The van der Waals surface area contributed by atoms with Crippen molar-refractivity contribution >= 4 is 11.4 Å². The number of hydrogen-bond acceptors (Lipinski definition) is 5. The summed E-state index contributed by atoms with van der Waals surface area (Å²) in [5.74, 6) is -0.497. The van der Waals surface area contributed by atoms with Gasteiger partial charge in [0.2, 0.25) is 5.71 Å². The number of halogens is 1. The van der Waals surface area contributed by atoms with E-state index in [-0.39, 0.29) is 5.71 Å². The minimum absolute atomic E-state index is 0.299. The van der Waals surface area contributed by atoms with Crippen molar-refractivity contribution in [2.75, 3.05) is 5.43 Å². The topological polar surface area (TPSA) is 89.8 Å². The molecule has 1 N–H and O–H groups in total. The van der Waals surface area contributed by atoms with E-state index >= 15 is 0 Å². The first-order valence-corrected chi connectivity index (χ1v) is 5.59. The Morgan fingerprint density at radius 2 is 2.15 bits per heavy atom. The fourth-order valence-corrected chi connectivity index (χ4v) is 1.50. The van der Waals surface area contributed by atoms with Gasteiger partial charge in [-0.15, -0.1) is 0 Å². The van der Waals surface area contributed by atoms with Crippen LogP contribution in [0.5, 0.6) is 0 Å². The molecule has 0 aliphatic heterocycles. The molecule has 0 spiro atoms. The molecule has 0 saturated carbocycles. The first kappa shape index (κ1) is 13.2. The van der Waals surface area contributed by atoms with Gasteiger partial charge in [0.25, 0.3) is 0 Å². The van der Waals surface area contributed by atoms with Gasteiger partial charge in [0.15, 0.2) is 5.82 Å². The molecule has 0 radical (unpaired) electrons. The predicted molar refractivity (Wildman–Crippen MR) is 70.5 cm³/mol. The maximum atomic E-state index is 14.0. The second-order valence-electron chi connectivity index (χ2n) is 3.92. The van der Waals surface area contributed by atoms with E-state index in [0.717, 1.165) is 5.56 Å². The molecule has 6 nitrogen and oxygen atoms in total. The quantitative estimate of drug-likeness (QED) is 0.682. The molecule has 20 heavy (non-hydrogen) atoms. The summed E-state index contributed by atoms with van der Waals surface area (Å²) in [5.41, 5.74) is 3.66. The normalized spacial score (nSPS) is 9.40. The van der Waals surface area contributed by atoms with Crippen LogP contribution in [-0.2, 0) is 0 Å². The van der Waals surface area contributed by atoms with Crippen molar-refractivity contribution in [1.29, 1.82) is 10.5 Å². The lowest BCUT2D eigenvalue weighted by Gasteiger charge is -2.05. The van der Waals surface area contributed by atoms with Crippen LogP contribution < -0.4 is 5.43 Å². The summed E-state index contributed by atoms with van der Waals surface area (Å²) in [6.07, 6.45) is 3.33. The van der Waals surface area contributed by atoms with E-state index in [9.17, 15) is 4.39 Å². The molecule has 0 aliphatic rings. The van der Waals surface area contributed by atoms with E-state index < -0.39 is 5.82 Å². The standard InChI is InChI=1S/C13H9FN6/c1-9-7-17-20(8-9)13-3-2-10(4-12(13)14)18-19-11(5-15)6-16/h2-4,7-8,18H,1H3. The monoisotopic (exact) mass is 268 g/mol. The van der Waals surface area contributed by atoms with E-state index in [4.69, 9.17) is 10.5 Å². The van der Waals surface area contributed by atoms with Crippen molar-refractivity contribution in [3.63, 3.8) is 0 Å². The molecule has 1 aromatic carbocycles. The van der Waals surface area contributed by atoms with Gasteiger partial charge in [-0.05, 0) is 24.6 Å². The van der Waals surface area contributed by atoms with Gasteiger partial charge >= 0.3 is 0 Å². The zero-order valence-corrected chi connectivity index (χ0v) is 10.5.